The maximum absolute atomic E-state index is 14.1. The summed E-state index contributed by atoms with van der Waals surface area (Å²) in [6.07, 6.45) is 2.33. The Morgan fingerprint density at radius 2 is 1.42 bits per heavy atom. The molecule has 73 heavy (non-hydrogen) atoms. The number of hydrogen-bond donors (Lipinski definition) is 5. The molecule has 388 valence electrons. The SMILES string of the molecule is Cc1ncsc1-c1ccc(CNC(=O)[C@@H]2C[C@@H](O)CN2C(=O)[C@@H](NC(=O)CCCCCC(=O)N2CCN(CCOc3ccc(C(=C(CCCl)c4ccc(O)cc4)c4ccc(O)cc4)cc3)CC2)C(C)(C)C)cc1. The van der Waals surface area contributed by atoms with Crippen LogP contribution in [0.5, 0.6) is 17.2 Å². The first-order valence-corrected chi connectivity index (χ1v) is 26.7. The summed E-state index contributed by atoms with van der Waals surface area (Å²) < 4.78 is 6.17. The number of carbonyl (C=O) groups is 4. The van der Waals surface area contributed by atoms with E-state index in [0.29, 0.717) is 64.2 Å². The summed E-state index contributed by atoms with van der Waals surface area (Å²) in [6.45, 7) is 11.8. The van der Waals surface area contributed by atoms with E-state index in [1.165, 1.54) is 4.90 Å². The van der Waals surface area contributed by atoms with Gasteiger partial charge in [0.1, 0.15) is 35.9 Å². The number of phenols is 2. The summed E-state index contributed by atoms with van der Waals surface area (Å²) in [5, 5.41) is 36.4. The number of hydrogen-bond acceptors (Lipinski definition) is 11. The number of aryl methyl sites for hydroxylation is 1. The Hall–Kier alpha value is -6.26. The van der Waals surface area contributed by atoms with Gasteiger partial charge in [0.25, 0.3) is 0 Å². The molecule has 4 amide bonds. The molecule has 4 aromatic carbocycles. The quantitative estimate of drug-likeness (QED) is 0.0272. The molecule has 3 atom stereocenters. The molecule has 5 N–H and O–H groups in total. The van der Waals surface area contributed by atoms with Gasteiger partial charge in [-0.25, -0.2) is 4.98 Å². The lowest BCUT2D eigenvalue weighted by Crippen LogP contribution is -2.57. The Morgan fingerprint density at radius 1 is 0.808 bits per heavy atom. The van der Waals surface area contributed by atoms with Crippen LogP contribution in [0.1, 0.15) is 93.7 Å². The van der Waals surface area contributed by atoms with Crippen molar-refractivity contribution in [2.75, 3.05) is 51.8 Å². The number of carbonyl (C=O) groups excluding carboxylic acids is 4. The number of unbranched alkanes of at least 4 members (excludes halogenated alkanes) is 2. The van der Waals surface area contributed by atoms with Crippen molar-refractivity contribution < 1.29 is 39.2 Å². The second-order valence-corrected chi connectivity index (χ2v) is 21.2. The van der Waals surface area contributed by atoms with E-state index < -0.39 is 29.5 Å². The lowest BCUT2D eigenvalue weighted by atomic mass is 9.85. The Balaban J connectivity index is 0.808. The third kappa shape index (κ3) is 14.9. The van der Waals surface area contributed by atoms with Crippen molar-refractivity contribution in [1.82, 2.24) is 30.3 Å². The molecular weight excluding hydrogens is 964 g/mol. The molecule has 14 nitrogen and oxygen atoms in total. The molecule has 2 aliphatic heterocycles. The monoisotopic (exact) mass is 1030 g/mol. The van der Waals surface area contributed by atoms with Gasteiger partial charge in [0.15, 0.2) is 0 Å². The molecule has 0 aliphatic carbocycles. The Morgan fingerprint density at radius 3 is 2.03 bits per heavy atom. The standard InChI is InChI=1S/C57H69ClN6O8S/c1-38-53(73-37-60-38)43-12-10-39(11-13-43)35-59-55(70)49-34-46(67)36-64(49)56(71)54(57(2,3)4)61-50(68)8-6-5-7-9-51(69)63-30-28-62(29-31-63)32-33-72-47-24-18-42(19-25-47)52(41-16-22-45(66)23-17-41)48(26-27-58)40-14-20-44(65)21-15-40/h10-25,37,46,49,54,65-67H,5-9,26-36H2,1-4H3,(H,59,70)(H,61,68)/t46-,49+,54-/m1/s1. The summed E-state index contributed by atoms with van der Waals surface area (Å²) in [4.78, 5) is 65.0. The number of β-amino-alcohol motifs (C(OH)–C–C–N with tert-alkyl or cyclic N) is 1. The van der Waals surface area contributed by atoms with E-state index in [0.717, 1.165) is 68.4 Å². The molecule has 3 heterocycles. The van der Waals surface area contributed by atoms with Crippen LogP contribution in [0.4, 0.5) is 0 Å². The number of allylic oxidation sites excluding steroid dienone is 1. The van der Waals surface area contributed by atoms with E-state index >= 15 is 0 Å². The van der Waals surface area contributed by atoms with Gasteiger partial charge in [0.2, 0.25) is 23.6 Å². The van der Waals surface area contributed by atoms with Crippen molar-refractivity contribution >= 4 is 57.7 Å². The Kier molecular flexibility index (Phi) is 19.1. The minimum Gasteiger partial charge on any atom is -0.508 e. The van der Waals surface area contributed by atoms with Gasteiger partial charge in [-0.2, -0.15) is 0 Å². The summed E-state index contributed by atoms with van der Waals surface area (Å²) in [6, 6.07) is 28.2. The number of aromatic nitrogens is 1. The first kappa shape index (κ1) is 54.5. The van der Waals surface area contributed by atoms with Crippen LogP contribution >= 0.6 is 22.9 Å². The van der Waals surface area contributed by atoms with Gasteiger partial charge in [-0.1, -0.05) is 87.9 Å². The molecule has 16 heteroatoms. The number of aliphatic hydroxyl groups is 1. The number of aromatic hydroxyl groups is 2. The van der Waals surface area contributed by atoms with Crippen molar-refractivity contribution in [2.24, 2.45) is 5.41 Å². The predicted octanol–water partition coefficient (Wildman–Crippen LogP) is 8.40. The van der Waals surface area contributed by atoms with Gasteiger partial charge in [0, 0.05) is 71.0 Å². The minimum absolute atomic E-state index is 0.00182. The summed E-state index contributed by atoms with van der Waals surface area (Å²) in [5.74, 6) is 0.576. The first-order chi connectivity index (χ1) is 35.1. The van der Waals surface area contributed by atoms with E-state index in [4.69, 9.17) is 16.3 Å². The number of alkyl halides is 1. The fraction of sp³-hybridized carbons (Fsp3) is 0.421. The topological polar surface area (TPSA) is 185 Å². The number of likely N-dealkylation sites (tertiary alicyclic amines) is 1. The van der Waals surface area contributed by atoms with Crippen molar-refractivity contribution in [3.8, 4) is 27.7 Å². The van der Waals surface area contributed by atoms with E-state index in [9.17, 15) is 34.5 Å². The maximum atomic E-state index is 14.1. The predicted molar refractivity (Wildman–Crippen MR) is 287 cm³/mol. The minimum atomic E-state index is -0.907. The number of phenolic OH excluding ortho intramolecular Hbond substituents is 2. The van der Waals surface area contributed by atoms with Gasteiger partial charge < -0.3 is 40.5 Å². The number of piperazine rings is 1. The van der Waals surface area contributed by atoms with E-state index in [-0.39, 0.29) is 55.2 Å². The summed E-state index contributed by atoms with van der Waals surface area (Å²) in [5.41, 5.74) is 8.90. The molecule has 0 bridgehead atoms. The fourth-order valence-corrected chi connectivity index (χ4v) is 10.5. The third-order valence-electron chi connectivity index (χ3n) is 13.6. The highest BCUT2D eigenvalue weighted by atomic mass is 35.5. The van der Waals surface area contributed by atoms with Crippen LogP contribution in [0.2, 0.25) is 0 Å². The number of amides is 4. The number of thiazole rings is 1. The molecular formula is C57H69ClN6O8S. The number of benzene rings is 4. The van der Waals surface area contributed by atoms with Crippen LogP contribution in [0.15, 0.2) is 103 Å². The average molecular weight is 1030 g/mol. The highest BCUT2D eigenvalue weighted by molar-refractivity contribution is 7.13. The zero-order valence-electron chi connectivity index (χ0n) is 42.3. The number of nitrogens with zero attached hydrogens (tertiary/aromatic N) is 4. The molecule has 2 fully saturated rings. The number of aliphatic hydroxyl groups excluding tert-OH is 1. The number of halogens is 1. The van der Waals surface area contributed by atoms with Crippen LogP contribution in [0.3, 0.4) is 0 Å². The van der Waals surface area contributed by atoms with Gasteiger partial charge >= 0.3 is 0 Å². The lowest BCUT2D eigenvalue weighted by Gasteiger charge is -2.35. The number of nitrogens with one attached hydrogen (secondary N) is 2. The smallest absolute Gasteiger partial charge is 0.246 e. The van der Waals surface area contributed by atoms with Gasteiger partial charge in [-0.05, 0) is 107 Å². The van der Waals surface area contributed by atoms with Gasteiger partial charge in [-0.15, -0.1) is 22.9 Å². The molecule has 0 radical (unpaired) electrons. The average Bonchev–Trinajstić information content (AvgIpc) is 4.00. The lowest BCUT2D eigenvalue weighted by molar-refractivity contribution is -0.144. The molecule has 7 rings (SSSR count). The van der Waals surface area contributed by atoms with Crippen LogP contribution in [0.25, 0.3) is 21.6 Å². The maximum Gasteiger partial charge on any atom is 0.246 e. The first-order valence-electron chi connectivity index (χ1n) is 25.2. The van der Waals surface area contributed by atoms with Gasteiger partial charge in [0.05, 0.1) is 22.2 Å². The highest BCUT2D eigenvalue weighted by Gasteiger charge is 2.44. The van der Waals surface area contributed by atoms with Crippen LogP contribution < -0.4 is 15.4 Å². The number of ether oxygens (including phenoxy) is 1. The van der Waals surface area contributed by atoms with Crippen molar-refractivity contribution in [2.45, 2.75) is 97.4 Å². The van der Waals surface area contributed by atoms with Crippen LogP contribution in [-0.2, 0) is 25.7 Å². The largest absolute Gasteiger partial charge is 0.508 e. The molecule has 0 unspecified atom stereocenters. The summed E-state index contributed by atoms with van der Waals surface area (Å²) in [7, 11) is 0. The van der Waals surface area contributed by atoms with Crippen molar-refractivity contribution in [3.05, 3.63) is 131 Å². The highest BCUT2D eigenvalue weighted by Crippen LogP contribution is 2.37. The summed E-state index contributed by atoms with van der Waals surface area (Å²) >= 11 is 7.88. The zero-order chi connectivity index (χ0) is 52.1. The fourth-order valence-electron chi connectivity index (χ4n) is 9.46. The van der Waals surface area contributed by atoms with Crippen LogP contribution in [0, 0.1) is 12.3 Å². The molecule has 2 saturated heterocycles. The molecule has 2 aliphatic rings. The van der Waals surface area contributed by atoms with E-state index in [1.54, 1.807) is 35.6 Å². The zero-order valence-corrected chi connectivity index (χ0v) is 43.9. The molecule has 5 aromatic rings. The Labute approximate surface area is 438 Å². The van der Waals surface area contributed by atoms with Crippen molar-refractivity contribution in [3.63, 3.8) is 0 Å². The third-order valence-corrected chi connectivity index (χ3v) is 14.7. The van der Waals surface area contributed by atoms with Gasteiger partial charge in [-0.3, -0.25) is 24.1 Å². The normalized spacial score (nSPS) is 17.0. The Bertz CT molecular complexity index is 2660. The second-order valence-electron chi connectivity index (χ2n) is 20.0. The van der Waals surface area contributed by atoms with E-state index in [2.05, 4.69) is 20.5 Å². The van der Waals surface area contributed by atoms with Crippen molar-refractivity contribution in [1.29, 1.82) is 0 Å². The molecule has 0 spiro atoms. The van der Waals surface area contributed by atoms with Crippen LogP contribution in [-0.4, -0.2) is 129 Å². The van der Waals surface area contributed by atoms with E-state index in [1.807, 2.05) is 111 Å². The second kappa shape index (κ2) is 25.6. The molecule has 0 saturated carbocycles. The number of rotatable bonds is 21. The molecule has 1 aromatic heterocycles.